The Bertz CT molecular complexity index is 684. The van der Waals surface area contributed by atoms with Gasteiger partial charge in [0.05, 0.1) is 6.26 Å². The SMILES string of the molecule is C.O=C(Oc1cccc2cccnc12)c1ccco1. The average molecular weight is 255 g/mol. The van der Waals surface area contributed by atoms with Crippen molar-refractivity contribution in [2.24, 2.45) is 0 Å². The van der Waals surface area contributed by atoms with Crippen molar-refractivity contribution < 1.29 is 13.9 Å². The molecule has 1 aromatic carbocycles. The monoisotopic (exact) mass is 255 g/mol. The van der Waals surface area contributed by atoms with E-state index in [1.165, 1.54) is 6.26 Å². The predicted molar refractivity (Wildman–Crippen MR) is 72.1 cm³/mol. The van der Waals surface area contributed by atoms with Gasteiger partial charge in [-0.3, -0.25) is 4.98 Å². The van der Waals surface area contributed by atoms with Crippen molar-refractivity contribution in [3.8, 4) is 5.75 Å². The van der Waals surface area contributed by atoms with E-state index < -0.39 is 5.97 Å². The number of carbonyl (C=O) groups excluding carboxylic acids is 1. The summed E-state index contributed by atoms with van der Waals surface area (Å²) in [5.41, 5.74) is 0.653. The van der Waals surface area contributed by atoms with Crippen molar-refractivity contribution in [1.29, 1.82) is 0 Å². The summed E-state index contributed by atoms with van der Waals surface area (Å²) in [6.07, 6.45) is 3.09. The molecule has 3 aromatic rings. The summed E-state index contributed by atoms with van der Waals surface area (Å²) in [5, 5.41) is 0.919. The fourth-order valence-corrected chi connectivity index (χ4v) is 1.70. The second-order valence-corrected chi connectivity index (χ2v) is 3.70. The van der Waals surface area contributed by atoms with E-state index in [-0.39, 0.29) is 13.2 Å². The van der Waals surface area contributed by atoms with Crippen molar-refractivity contribution in [3.05, 3.63) is 60.7 Å². The van der Waals surface area contributed by atoms with Crippen LogP contribution >= 0.6 is 0 Å². The van der Waals surface area contributed by atoms with Crippen LogP contribution in [-0.2, 0) is 0 Å². The van der Waals surface area contributed by atoms with E-state index in [4.69, 9.17) is 9.15 Å². The highest BCUT2D eigenvalue weighted by Crippen LogP contribution is 2.23. The summed E-state index contributed by atoms with van der Waals surface area (Å²) in [6, 6.07) is 12.4. The molecule has 96 valence electrons. The van der Waals surface area contributed by atoms with Gasteiger partial charge in [0.1, 0.15) is 5.52 Å². The molecule has 2 aromatic heterocycles. The number of furan rings is 1. The van der Waals surface area contributed by atoms with Crippen LogP contribution < -0.4 is 4.74 Å². The van der Waals surface area contributed by atoms with E-state index in [9.17, 15) is 4.79 Å². The minimum Gasteiger partial charge on any atom is -0.457 e. The number of aromatic nitrogens is 1. The Morgan fingerprint density at radius 3 is 2.74 bits per heavy atom. The fourth-order valence-electron chi connectivity index (χ4n) is 1.70. The molecule has 4 nitrogen and oxygen atoms in total. The molecule has 0 aliphatic heterocycles. The number of carbonyl (C=O) groups is 1. The van der Waals surface area contributed by atoms with Crippen LogP contribution in [0.15, 0.2) is 59.3 Å². The molecular formula is C15H13NO3. The molecule has 2 heterocycles. The van der Waals surface area contributed by atoms with Gasteiger partial charge in [0.25, 0.3) is 0 Å². The molecule has 0 fully saturated rings. The van der Waals surface area contributed by atoms with Crippen LogP contribution in [0.1, 0.15) is 18.0 Å². The highest BCUT2D eigenvalue weighted by Gasteiger charge is 2.13. The maximum atomic E-state index is 11.8. The lowest BCUT2D eigenvalue weighted by atomic mass is 10.2. The zero-order valence-electron chi connectivity index (χ0n) is 9.37. The van der Waals surface area contributed by atoms with E-state index in [2.05, 4.69) is 4.98 Å². The third-order valence-corrected chi connectivity index (χ3v) is 2.52. The van der Waals surface area contributed by atoms with Crippen LogP contribution in [0.3, 0.4) is 0 Å². The fraction of sp³-hybridized carbons (Fsp3) is 0.0667. The Morgan fingerprint density at radius 1 is 1.11 bits per heavy atom. The van der Waals surface area contributed by atoms with Crippen LogP contribution in [0.4, 0.5) is 0 Å². The molecule has 0 N–H and O–H groups in total. The average Bonchev–Trinajstić information content (AvgIpc) is 2.93. The van der Waals surface area contributed by atoms with Crippen molar-refractivity contribution >= 4 is 16.9 Å². The van der Waals surface area contributed by atoms with E-state index in [1.54, 1.807) is 24.4 Å². The number of rotatable bonds is 2. The van der Waals surface area contributed by atoms with Gasteiger partial charge in [-0.2, -0.15) is 0 Å². The molecule has 0 saturated heterocycles. The number of ether oxygens (including phenoxy) is 1. The summed E-state index contributed by atoms with van der Waals surface area (Å²) in [7, 11) is 0. The quantitative estimate of drug-likeness (QED) is 0.517. The highest BCUT2D eigenvalue weighted by molar-refractivity contribution is 5.92. The zero-order valence-corrected chi connectivity index (χ0v) is 9.37. The number of nitrogens with zero attached hydrogens (tertiary/aromatic N) is 1. The zero-order chi connectivity index (χ0) is 12.4. The molecule has 0 aliphatic rings. The van der Waals surface area contributed by atoms with Gasteiger partial charge in [-0.1, -0.05) is 25.6 Å². The van der Waals surface area contributed by atoms with Crippen molar-refractivity contribution in [2.45, 2.75) is 7.43 Å². The van der Waals surface area contributed by atoms with Crippen molar-refractivity contribution in [1.82, 2.24) is 4.98 Å². The second kappa shape index (κ2) is 5.35. The molecule has 4 heteroatoms. The number of pyridine rings is 1. The molecule has 0 aliphatic carbocycles. The van der Waals surface area contributed by atoms with Gasteiger partial charge in [-0.15, -0.1) is 0 Å². The summed E-state index contributed by atoms with van der Waals surface area (Å²) in [4.78, 5) is 16.0. The molecule has 0 radical (unpaired) electrons. The third-order valence-electron chi connectivity index (χ3n) is 2.52. The first kappa shape index (κ1) is 12.8. The molecule has 0 atom stereocenters. The molecule has 0 amide bonds. The Morgan fingerprint density at radius 2 is 1.95 bits per heavy atom. The number of hydrogen-bond acceptors (Lipinski definition) is 4. The van der Waals surface area contributed by atoms with E-state index in [0.29, 0.717) is 11.3 Å². The van der Waals surface area contributed by atoms with E-state index in [1.807, 2.05) is 24.3 Å². The van der Waals surface area contributed by atoms with Gasteiger partial charge in [-0.05, 0) is 24.3 Å². The second-order valence-electron chi connectivity index (χ2n) is 3.70. The van der Waals surface area contributed by atoms with Crippen LogP contribution in [0, 0.1) is 0 Å². The Balaban J connectivity index is 0.00000133. The molecular weight excluding hydrogens is 242 g/mol. The minimum atomic E-state index is -0.529. The Labute approximate surface area is 110 Å². The lowest BCUT2D eigenvalue weighted by molar-refractivity contribution is 0.0703. The smallest absolute Gasteiger partial charge is 0.379 e. The topological polar surface area (TPSA) is 52.3 Å². The summed E-state index contributed by atoms with van der Waals surface area (Å²) in [5.74, 6) is 0.0654. The number of para-hydroxylation sites is 1. The molecule has 0 unspecified atom stereocenters. The first-order chi connectivity index (χ1) is 8.84. The van der Waals surface area contributed by atoms with Gasteiger partial charge in [0, 0.05) is 11.6 Å². The predicted octanol–water partition coefficient (Wildman–Crippen LogP) is 3.68. The number of esters is 1. The molecule has 0 saturated carbocycles. The Kier molecular flexibility index (Phi) is 3.61. The van der Waals surface area contributed by atoms with E-state index in [0.717, 1.165) is 5.39 Å². The molecule has 3 rings (SSSR count). The van der Waals surface area contributed by atoms with Crippen LogP contribution in [0.25, 0.3) is 10.9 Å². The van der Waals surface area contributed by atoms with E-state index >= 15 is 0 Å². The van der Waals surface area contributed by atoms with Crippen molar-refractivity contribution in [3.63, 3.8) is 0 Å². The third kappa shape index (κ3) is 2.47. The lowest BCUT2D eigenvalue weighted by Crippen LogP contribution is -2.07. The maximum absolute atomic E-state index is 11.8. The largest absolute Gasteiger partial charge is 0.457 e. The van der Waals surface area contributed by atoms with Gasteiger partial charge in [0.15, 0.2) is 5.75 Å². The van der Waals surface area contributed by atoms with Gasteiger partial charge in [0.2, 0.25) is 5.76 Å². The summed E-state index contributed by atoms with van der Waals surface area (Å²) in [6.45, 7) is 0. The molecule has 0 bridgehead atoms. The summed E-state index contributed by atoms with van der Waals surface area (Å²) >= 11 is 0. The van der Waals surface area contributed by atoms with Crippen molar-refractivity contribution in [2.75, 3.05) is 0 Å². The Hall–Kier alpha value is -2.62. The molecule has 19 heavy (non-hydrogen) atoms. The number of hydrogen-bond donors (Lipinski definition) is 0. The van der Waals surface area contributed by atoms with Crippen LogP contribution in [0.5, 0.6) is 5.75 Å². The minimum absolute atomic E-state index is 0. The lowest BCUT2D eigenvalue weighted by Gasteiger charge is -2.05. The number of benzene rings is 1. The first-order valence-electron chi connectivity index (χ1n) is 5.44. The van der Waals surface area contributed by atoms with Crippen LogP contribution in [0.2, 0.25) is 0 Å². The first-order valence-corrected chi connectivity index (χ1v) is 5.44. The maximum Gasteiger partial charge on any atom is 0.379 e. The highest BCUT2D eigenvalue weighted by atomic mass is 16.5. The van der Waals surface area contributed by atoms with Crippen LogP contribution in [-0.4, -0.2) is 11.0 Å². The van der Waals surface area contributed by atoms with Gasteiger partial charge in [-0.25, -0.2) is 4.79 Å². The normalized spacial score (nSPS) is 9.89. The summed E-state index contributed by atoms with van der Waals surface area (Å²) < 4.78 is 10.3. The number of fused-ring (bicyclic) bond motifs is 1. The van der Waals surface area contributed by atoms with Gasteiger partial charge >= 0.3 is 5.97 Å². The standard InChI is InChI=1S/C14H9NO3.CH4/c16-14(12-7-3-9-17-12)18-11-6-1-4-10-5-2-8-15-13(10)11;/h1-9H;1H4. The van der Waals surface area contributed by atoms with Gasteiger partial charge < -0.3 is 9.15 Å². The molecule has 0 spiro atoms.